The summed E-state index contributed by atoms with van der Waals surface area (Å²) in [5.74, 6) is 0. The van der Waals surface area contributed by atoms with Crippen molar-refractivity contribution in [2.45, 2.75) is 18.1 Å². The van der Waals surface area contributed by atoms with Crippen molar-refractivity contribution in [2.75, 3.05) is 7.11 Å². The van der Waals surface area contributed by atoms with E-state index in [1.807, 2.05) is 12.1 Å². The molecule has 0 saturated heterocycles. The maximum Gasteiger partial charge on any atom is 0.0863 e. The molecule has 0 bridgehead atoms. The zero-order chi connectivity index (χ0) is 10.6. The molecule has 0 radical (unpaired) electrons. The lowest BCUT2D eigenvalue weighted by Crippen LogP contribution is -2.33. The second kappa shape index (κ2) is 4.58. The fraction of sp³-hybridized carbons (Fsp3) is 0.333. The quantitative estimate of drug-likeness (QED) is 0.538. The van der Waals surface area contributed by atoms with Gasteiger partial charge in [0.2, 0.25) is 0 Å². The molecule has 0 saturated carbocycles. The van der Waals surface area contributed by atoms with Crippen LogP contribution < -0.4 is 0 Å². The molecule has 0 amide bonds. The molecule has 0 aliphatic carbocycles. The van der Waals surface area contributed by atoms with Gasteiger partial charge in [0.25, 0.3) is 0 Å². The Labute approximate surface area is 89.2 Å². The van der Waals surface area contributed by atoms with E-state index in [1.54, 1.807) is 7.11 Å². The lowest BCUT2D eigenvalue weighted by Gasteiger charge is -2.31. The lowest BCUT2D eigenvalue weighted by atomic mass is 9.95. The minimum atomic E-state index is -0.229. The predicted octanol–water partition coefficient (Wildman–Crippen LogP) is 1.68. The van der Waals surface area contributed by atoms with Crippen LogP contribution in [0.1, 0.15) is 18.0 Å². The SMILES string of the molecule is C=CC(C)(OC)C([SiH3])c1ccccc1. The molecule has 0 spiro atoms. The number of rotatable bonds is 4. The molecular weight excluding hydrogens is 188 g/mol. The van der Waals surface area contributed by atoms with Gasteiger partial charge in [-0.25, -0.2) is 0 Å². The molecule has 0 aliphatic rings. The van der Waals surface area contributed by atoms with E-state index in [4.69, 9.17) is 4.74 Å². The average molecular weight is 206 g/mol. The minimum absolute atomic E-state index is 0.229. The van der Waals surface area contributed by atoms with Crippen molar-refractivity contribution < 1.29 is 4.74 Å². The molecule has 2 heteroatoms. The fourth-order valence-electron chi connectivity index (χ4n) is 1.51. The summed E-state index contributed by atoms with van der Waals surface area (Å²) < 4.78 is 5.52. The third-order valence-electron chi connectivity index (χ3n) is 3.00. The van der Waals surface area contributed by atoms with Gasteiger partial charge in [-0.3, -0.25) is 0 Å². The second-order valence-electron chi connectivity index (χ2n) is 3.72. The van der Waals surface area contributed by atoms with Gasteiger partial charge in [-0.2, -0.15) is 0 Å². The van der Waals surface area contributed by atoms with Gasteiger partial charge in [0, 0.05) is 22.9 Å². The Balaban J connectivity index is 2.94. The summed E-state index contributed by atoms with van der Waals surface area (Å²) in [4.78, 5) is 0. The van der Waals surface area contributed by atoms with Crippen molar-refractivity contribution in [1.29, 1.82) is 0 Å². The van der Waals surface area contributed by atoms with Gasteiger partial charge in [-0.1, -0.05) is 36.4 Å². The van der Waals surface area contributed by atoms with Crippen LogP contribution in [-0.4, -0.2) is 23.0 Å². The monoisotopic (exact) mass is 206 g/mol. The van der Waals surface area contributed by atoms with Crippen molar-refractivity contribution in [3.05, 3.63) is 48.6 Å². The van der Waals surface area contributed by atoms with Gasteiger partial charge >= 0.3 is 0 Å². The highest BCUT2D eigenvalue weighted by Gasteiger charge is 2.28. The van der Waals surface area contributed by atoms with Crippen LogP contribution in [0.15, 0.2) is 43.0 Å². The average Bonchev–Trinajstić information content (AvgIpc) is 2.28. The molecule has 0 heterocycles. The zero-order valence-corrected chi connectivity index (χ0v) is 11.2. The highest BCUT2D eigenvalue weighted by atomic mass is 28.1. The second-order valence-corrected chi connectivity index (χ2v) is 4.88. The van der Waals surface area contributed by atoms with E-state index in [1.165, 1.54) is 5.56 Å². The van der Waals surface area contributed by atoms with E-state index < -0.39 is 0 Å². The van der Waals surface area contributed by atoms with E-state index in [-0.39, 0.29) is 5.60 Å². The minimum Gasteiger partial charge on any atom is -0.374 e. The van der Waals surface area contributed by atoms with E-state index in [0.717, 1.165) is 10.2 Å². The molecule has 0 aromatic heterocycles. The summed E-state index contributed by atoms with van der Waals surface area (Å²) in [6.45, 7) is 5.94. The molecule has 2 atom stereocenters. The molecule has 1 rings (SSSR count). The van der Waals surface area contributed by atoms with Crippen molar-refractivity contribution in [1.82, 2.24) is 0 Å². The van der Waals surface area contributed by atoms with Crippen LogP contribution in [0, 0.1) is 0 Å². The van der Waals surface area contributed by atoms with Crippen LogP contribution in [0.2, 0.25) is 0 Å². The van der Waals surface area contributed by atoms with E-state index in [2.05, 4.69) is 37.8 Å². The third kappa shape index (κ3) is 2.14. The van der Waals surface area contributed by atoms with Crippen LogP contribution >= 0.6 is 0 Å². The van der Waals surface area contributed by atoms with Crippen molar-refractivity contribution in [3.8, 4) is 0 Å². The largest absolute Gasteiger partial charge is 0.374 e. The molecule has 1 aromatic carbocycles. The summed E-state index contributed by atoms with van der Waals surface area (Å²) in [5, 5.41) is 0. The van der Waals surface area contributed by atoms with Crippen LogP contribution in [0.3, 0.4) is 0 Å². The predicted molar refractivity (Wildman–Crippen MR) is 64.7 cm³/mol. The summed E-state index contributed by atoms with van der Waals surface area (Å²) in [6, 6.07) is 10.5. The van der Waals surface area contributed by atoms with Gasteiger partial charge in [-0.15, -0.1) is 6.58 Å². The van der Waals surface area contributed by atoms with Crippen molar-refractivity contribution >= 4 is 10.2 Å². The summed E-state index contributed by atoms with van der Waals surface area (Å²) >= 11 is 0. The number of benzene rings is 1. The molecular formula is C12H18OSi. The first-order valence-corrected chi connectivity index (χ1v) is 6.03. The number of methoxy groups -OCH3 is 1. The van der Waals surface area contributed by atoms with Gasteiger partial charge in [0.15, 0.2) is 0 Å². The first-order valence-electron chi connectivity index (χ1n) is 4.87. The molecule has 76 valence electrons. The van der Waals surface area contributed by atoms with E-state index in [9.17, 15) is 0 Å². The molecule has 0 aliphatic heterocycles. The Morgan fingerprint density at radius 3 is 2.43 bits per heavy atom. The van der Waals surface area contributed by atoms with Crippen molar-refractivity contribution in [2.24, 2.45) is 0 Å². The number of hydrogen-bond acceptors (Lipinski definition) is 1. The smallest absolute Gasteiger partial charge is 0.0863 e. The van der Waals surface area contributed by atoms with E-state index in [0.29, 0.717) is 5.54 Å². The summed E-state index contributed by atoms with van der Waals surface area (Å²) in [5.41, 5.74) is 1.56. The fourth-order valence-corrected chi connectivity index (χ4v) is 2.37. The Bertz CT molecular complexity index is 296. The van der Waals surface area contributed by atoms with Crippen molar-refractivity contribution in [3.63, 3.8) is 0 Å². The lowest BCUT2D eigenvalue weighted by molar-refractivity contribution is 0.0448. The van der Waals surface area contributed by atoms with E-state index >= 15 is 0 Å². The summed E-state index contributed by atoms with van der Waals surface area (Å²) in [7, 11) is 2.80. The molecule has 2 unspecified atom stereocenters. The molecule has 14 heavy (non-hydrogen) atoms. The third-order valence-corrected chi connectivity index (χ3v) is 4.82. The molecule has 0 N–H and O–H groups in total. The zero-order valence-electron chi connectivity index (χ0n) is 9.16. The standard InChI is InChI=1S/C12H18OSi/c1-4-12(2,13-3)11(14)10-8-6-5-7-9-10/h4-9,11H,1H2,2-3,14H3. The maximum absolute atomic E-state index is 5.52. The normalized spacial score (nSPS) is 17.3. The van der Waals surface area contributed by atoms with Gasteiger partial charge in [0.1, 0.15) is 0 Å². The highest BCUT2D eigenvalue weighted by Crippen LogP contribution is 2.28. The first-order chi connectivity index (χ1) is 6.64. The Kier molecular flexibility index (Phi) is 3.67. The Morgan fingerprint density at radius 2 is 2.00 bits per heavy atom. The number of ether oxygens (including phenoxy) is 1. The molecule has 1 aromatic rings. The molecule has 0 fully saturated rings. The van der Waals surface area contributed by atoms with Crippen LogP contribution in [0.5, 0.6) is 0 Å². The Hall–Kier alpha value is -0.863. The first kappa shape index (κ1) is 11.2. The van der Waals surface area contributed by atoms with Crippen LogP contribution in [0.4, 0.5) is 0 Å². The van der Waals surface area contributed by atoms with Crippen LogP contribution in [0.25, 0.3) is 0 Å². The highest BCUT2D eigenvalue weighted by molar-refractivity contribution is 6.13. The molecule has 1 nitrogen and oxygen atoms in total. The van der Waals surface area contributed by atoms with Gasteiger partial charge in [0.05, 0.1) is 5.60 Å². The Morgan fingerprint density at radius 1 is 1.43 bits per heavy atom. The maximum atomic E-state index is 5.52. The topological polar surface area (TPSA) is 9.23 Å². The number of hydrogen-bond donors (Lipinski definition) is 0. The van der Waals surface area contributed by atoms with Gasteiger partial charge < -0.3 is 4.74 Å². The summed E-state index contributed by atoms with van der Waals surface area (Å²) in [6.07, 6.45) is 1.90. The van der Waals surface area contributed by atoms with Crippen LogP contribution in [-0.2, 0) is 4.74 Å². The van der Waals surface area contributed by atoms with Gasteiger partial charge in [-0.05, 0) is 12.5 Å².